The third-order valence-corrected chi connectivity index (χ3v) is 3.00. The van der Waals surface area contributed by atoms with Gasteiger partial charge in [-0.25, -0.2) is 0 Å². The van der Waals surface area contributed by atoms with E-state index < -0.39 is 12.1 Å². The number of carboxylic acids is 1. The maximum Gasteiger partial charge on any atom is 0.306 e. The fourth-order valence-electron chi connectivity index (χ4n) is 1.93. The normalized spacial score (nSPS) is 12.6. The van der Waals surface area contributed by atoms with Crippen molar-refractivity contribution in [2.24, 2.45) is 0 Å². The summed E-state index contributed by atoms with van der Waals surface area (Å²) in [6, 6.07) is 0. The van der Waals surface area contributed by atoms with Crippen LogP contribution in [0.25, 0.3) is 0 Å². The number of hydrogen-bond donors (Lipinski definition) is 3. The van der Waals surface area contributed by atoms with Gasteiger partial charge in [-0.2, -0.15) is 0 Å². The lowest BCUT2D eigenvalue weighted by Gasteiger charge is -2.09. The minimum Gasteiger partial charge on any atom is -0.481 e. The van der Waals surface area contributed by atoms with Crippen LogP contribution in [0.2, 0.25) is 0 Å². The Bertz CT molecular complexity index is 197. The average molecular weight is 259 g/mol. The molecular formula is C14H29NO3. The summed E-state index contributed by atoms with van der Waals surface area (Å²) in [5.41, 5.74) is 0. The minimum absolute atomic E-state index is 0.176. The number of nitrogens with one attached hydrogen (secondary N) is 1. The van der Waals surface area contributed by atoms with Crippen molar-refractivity contribution >= 4 is 5.97 Å². The lowest BCUT2D eigenvalue weighted by Crippen LogP contribution is -2.29. The zero-order valence-electron chi connectivity index (χ0n) is 11.7. The van der Waals surface area contributed by atoms with E-state index in [1.54, 1.807) is 0 Å². The summed E-state index contributed by atoms with van der Waals surface area (Å²) in [5, 5.41) is 20.8. The molecule has 0 aliphatic heterocycles. The first-order valence-corrected chi connectivity index (χ1v) is 7.27. The van der Waals surface area contributed by atoms with E-state index in [-0.39, 0.29) is 6.42 Å². The first-order valence-electron chi connectivity index (χ1n) is 7.27. The summed E-state index contributed by atoms with van der Waals surface area (Å²) >= 11 is 0. The van der Waals surface area contributed by atoms with E-state index in [2.05, 4.69) is 12.2 Å². The quantitative estimate of drug-likeness (QED) is 0.445. The summed E-state index contributed by atoms with van der Waals surface area (Å²) in [7, 11) is 0. The zero-order chi connectivity index (χ0) is 13.6. The van der Waals surface area contributed by atoms with Gasteiger partial charge in [0.05, 0.1) is 12.5 Å². The van der Waals surface area contributed by atoms with Crippen molar-refractivity contribution in [2.75, 3.05) is 13.1 Å². The number of aliphatic carboxylic acids is 1. The summed E-state index contributed by atoms with van der Waals surface area (Å²) in [6.07, 6.45) is 9.33. The molecule has 1 unspecified atom stereocenters. The molecule has 0 aromatic carbocycles. The van der Waals surface area contributed by atoms with E-state index >= 15 is 0 Å². The van der Waals surface area contributed by atoms with E-state index in [1.165, 1.54) is 44.9 Å². The van der Waals surface area contributed by atoms with Crippen molar-refractivity contribution in [2.45, 2.75) is 70.8 Å². The molecule has 0 radical (unpaired) electrons. The van der Waals surface area contributed by atoms with Crippen LogP contribution < -0.4 is 5.32 Å². The summed E-state index contributed by atoms with van der Waals surface area (Å²) in [5.74, 6) is -0.948. The molecule has 0 spiro atoms. The number of rotatable bonds is 13. The van der Waals surface area contributed by atoms with E-state index in [4.69, 9.17) is 5.11 Å². The number of unbranched alkanes of at least 4 members (excludes halogenated alkanes) is 7. The van der Waals surface area contributed by atoms with Gasteiger partial charge in [0, 0.05) is 6.54 Å². The van der Waals surface area contributed by atoms with Crippen molar-refractivity contribution in [3.05, 3.63) is 0 Å². The van der Waals surface area contributed by atoms with Crippen molar-refractivity contribution < 1.29 is 15.0 Å². The standard InChI is InChI=1S/C14H29NO3/c1-2-3-4-5-6-7-8-9-10-15-12-13(16)11-14(17)18/h13,15-16H,2-12H2,1H3,(H,17,18). The highest BCUT2D eigenvalue weighted by Gasteiger charge is 2.07. The Labute approximate surface area is 111 Å². The van der Waals surface area contributed by atoms with Crippen LogP contribution in [0.1, 0.15) is 64.7 Å². The van der Waals surface area contributed by atoms with E-state index in [0.29, 0.717) is 6.54 Å². The van der Waals surface area contributed by atoms with E-state index in [1.807, 2.05) is 0 Å². The second kappa shape index (κ2) is 12.8. The predicted molar refractivity (Wildman–Crippen MR) is 73.7 cm³/mol. The Hall–Kier alpha value is -0.610. The maximum atomic E-state index is 10.3. The molecule has 0 aliphatic rings. The average Bonchev–Trinajstić information content (AvgIpc) is 2.30. The zero-order valence-corrected chi connectivity index (χ0v) is 11.7. The molecule has 0 aliphatic carbocycles. The van der Waals surface area contributed by atoms with Crippen LogP contribution in [-0.2, 0) is 4.79 Å². The van der Waals surface area contributed by atoms with Gasteiger partial charge in [0.25, 0.3) is 0 Å². The van der Waals surface area contributed by atoms with Crippen LogP contribution in [0.15, 0.2) is 0 Å². The number of aliphatic hydroxyl groups excluding tert-OH is 1. The minimum atomic E-state index is -0.948. The highest BCUT2D eigenvalue weighted by atomic mass is 16.4. The monoisotopic (exact) mass is 259 g/mol. The molecule has 0 aromatic rings. The van der Waals surface area contributed by atoms with Gasteiger partial charge in [-0.1, -0.05) is 51.9 Å². The van der Waals surface area contributed by atoms with Crippen LogP contribution in [0.4, 0.5) is 0 Å². The maximum absolute atomic E-state index is 10.3. The second-order valence-electron chi connectivity index (χ2n) is 4.93. The number of hydrogen-bond acceptors (Lipinski definition) is 3. The van der Waals surface area contributed by atoms with Crippen molar-refractivity contribution in [3.63, 3.8) is 0 Å². The van der Waals surface area contributed by atoms with Crippen molar-refractivity contribution in [1.29, 1.82) is 0 Å². The smallest absolute Gasteiger partial charge is 0.306 e. The first-order chi connectivity index (χ1) is 8.66. The Kier molecular flexibility index (Phi) is 12.4. The largest absolute Gasteiger partial charge is 0.481 e. The molecule has 108 valence electrons. The lowest BCUT2D eigenvalue weighted by molar-refractivity contribution is -0.139. The molecule has 0 saturated heterocycles. The fraction of sp³-hybridized carbons (Fsp3) is 0.929. The van der Waals surface area contributed by atoms with Crippen LogP contribution in [0.3, 0.4) is 0 Å². The molecule has 0 amide bonds. The van der Waals surface area contributed by atoms with Gasteiger partial charge in [-0.05, 0) is 13.0 Å². The molecule has 0 saturated carbocycles. The molecule has 0 rings (SSSR count). The van der Waals surface area contributed by atoms with Gasteiger partial charge in [-0.15, -0.1) is 0 Å². The molecule has 0 heterocycles. The van der Waals surface area contributed by atoms with Gasteiger partial charge in [0.2, 0.25) is 0 Å². The molecule has 0 aromatic heterocycles. The van der Waals surface area contributed by atoms with Crippen LogP contribution >= 0.6 is 0 Å². The fourth-order valence-corrected chi connectivity index (χ4v) is 1.93. The molecule has 0 bridgehead atoms. The molecule has 4 heteroatoms. The third kappa shape index (κ3) is 13.5. The van der Waals surface area contributed by atoms with Gasteiger partial charge >= 0.3 is 5.97 Å². The van der Waals surface area contributed by atoms with E-state index in [9.17, 15) is 9.90 Å². The number of aliphatic hydroxyl groups is 1. The van der Waals surface area contributed by atoms with Gasteiger partial charge in [-0.3, -0.25) is 4.79 Å². The van der Waals surface area contributed by atoms with Crippen molar-refractivity contribution in [1.82, 2.24) is 5.32 Å². The number of carboxylic acid groups (broad SMARTS) is 1. The second-order valence-corrected chi connectivity index (χ2v) is 4.93. The predicted octanol–water partition coefficient (Wildman–Crippen LogP) is 2.55. The molecule has 18 heavy (non-hydrogen) atoms. The van der Waals surface area contributed by atoms with Crippen LogP contribution in [0.5, 0.6) is 0 Å². The Morgan fingerprint density at radius 3 is 2.17 bits per heavy atom. The van der Waals surface area contributed by atoms with Crippen molar-refractivity contribution in [3.8, 4) is 0 Å². The third-order valence-electron chi connectivity index (χ3n) is 3.00. The Balaban J connectivity index is 3.09. The Morgan fingerprint density at radius 1 is 1.06 bits per heavy atom. The van der Waals surface area contributed by atoms with Crippen LogP contribution in [-0.4, -0.2) is 35.4 Å². The first kappa shape index (κ1) is 17.4. The Morgan fingerprint density at radius 2 is 1.61 bits per heavy atom. The highest BCUT2D eigenvalue weighted by molar-refractivity contribution is 5.67. The topological polar surface area (TPSA) is 69.6 Å². The van der Waals surface area contributed by atoms with Gasteiger partial charge in [0.1, 0.15) is 0 Å². The van der Waals surface area contributed by atoms with Crippen LogP contribution in [0, 0.1) is 0 Å². The highest BCUT2D eigenvalue weighted by Crippen LogP contribution is 2.07. The van der Waals surface area contributed by atoms with E-state index in [0.717, 1.165) is 13.0 Å². The number of carbonyl (C=O) groups is 1. The molecule has 4 nitrogen and oxygen atoms in total. The molecular weight excluding hydrogens is 230 g/mol. The summed E-state index contributed by atoms with van der Waals surface area (Å²) in [6.45, 7) is 3.47. The molecule has 1 atom stereocenters. The van der Waals surface area contributed by atoms with Gasteiger partial charge in [0.15, 0.2) is 0 Å². The lowest BCUT2D eigenvalue weighted by atomic mass is 10.1. The SMILES string of the molecule is CCCCCCCCCCNCC(O)CC(=O)O. The summed E-state index contributed by atoms with van der Waals surface area (Å²) in [4.78, 5) is 10.3. The molecule has 0 fully saturated rings. The molecule has 3 N–H and O–H groups in total. The van der Waals surface area contributed by atoms with Gasteiger partial charge < -0.3 is 15.5 Å². The summed E-state index contributed by atoms with van der Waals surface area (Å²) < 4.78 is 0.